The van der Waals surface area contributed by atoms with Gasteiger partial charge in [0.15, 0.2) is 0 Å². The first-order valence-electron chi connectivity index (χ1n) is 5.04. The average Bonchev–Trinajstić information content (AvgIpc) is 2.67. The molecule has 0 aromatic heterocycles. The fraction of sp³-hybridized carbons (Fsp3) is 0.909. The summed E-state index contributed by atoms with van der Waals surface area (Å²) in [7, 11) is 0. The molecule has 0 bridgehead atoms. The Kier molecular flexibility index (Phi) is 0.897. The lowest BCUT2D eigenvalue weighted by molar-refractivity contribution is -0.123. The minimum Gasteiger partial charge on any atom is -0.299 e. The molecule has 66 valence electrons. The first-order chi connectivity index (χ1) is 5.53. The molecule has 0 N–H and O–H groups in total. The Hall–Kier alpha value is -0.330. The zero-order valence-corrected chi connectivity index (χ0v) is 8.05. The summed E-state index contributed by atoms with van der Waals surface area (Å²) in [6, 6.07) is 0. The lowest BCUT2D eigenvalue weighted by atomic mass is 9.65. The lowest BCUT2D eigenvalue weighted by Crippen LogP contribution is -2.34. The second-order valence-corrected chi connectivity index (χ2v) is 5.63. The smallest absolute Gasteiger partial charge is 0.136 e. The molecular formula is C11H16O. The molecule has 3 rings (SSSR count). The number of carbonyl (C=O) groups is 1. The van der Waals surface area contributed by atoms with Crippen molar-refractivity contribution in [2.75, 3.05) is 0 Å². The monoisotopic (exact) mass is 164 g/mol. The Balaban J connectivity index is 1.95. The summed E-state index contributed by atoms with van der Waals surface area (Å²) < 4.78 is 0. The highest BCUT2D eigenvalue weighted by atomic mass is 16.1. The Morgan fingerprint density at radius 3 is 2.42 bits per heavy atom. The van der Waals surface area contributed by atoms with Crippen molar-refractivity contribution in [3.8, 4) is 0 Å². The van der Waals surface area contributed by atoms with Crippen LogP contribution < -0.4 is 0 Å². The number of hydrogen-bond acceptors (Lipinski definition) is 1. The van der Waals surface area contributed by atoms with E-state index < -0.39 is 0 Å². The number of hydrogen-bond donors (Lipinski definition) is 0. The zero-order valence-electron chi connectivity index (χ0n) is 8.05. The normalized spacial score (nSPS) is 57.4. The van der Waals surface area contributed by atoms with Gasteiger partial charge in [-0.3, -0.25) is 4.79 Å². The highest BCUT2D eigenvalue weighted by molar-refractivity contribution is 5.92. The summed E-state index contributed by atoms with van der Waals surface area (Å²) in [6.45, 7) is 6.48. The summed E-state index contributed by atoms with van der Waals surface area (Å²) >= 11 is 0. The van der Waals surface area contributed by atoms with Gasteiger partial charge in [0, 0.05) is 5.41 Å². The van der Waals surface area contributed by atoms with E-state index in [2.05, 4.69) is 13.8 Å². The second-order valence-electron chi connectivity index (χ2n) is 5.63. The predicted molar refractivity (Wildman–Crippen MR) is 46.6 cm³/mol. The first-order valence-corrected chi connectivity index (χ1v) is 5.04. The van der Waals surface area contributed by atoms with Gasteiger partial charge in [-0.15, -0.1) is 0 Å². The van der Waals surface area contributed by atoms with Crippen molar-refractivity contribution in [3.05, 3.63) is 0 Å². The van der Waals surface area contributed by atoms with Crippen LogP contribution in [-0.2, 0) is 4.79 Å². The minimum absolute atomic E-state index is 0.224. The number of carbonyl (C=O) groups excluding carboxylic acids is 1. The van der Waals surface area contributed by atoms with Gasteiger partial charge in [-0.05, 0) is 42.9 Å². The standard InChI is InChI=1S/C11H16O/c1-6(12)11-7-4-5-10(2,3)9(11)8(7)11/h7-9H,4-5H2,1-3H3/t7?,8-,9?,11+/m1/s1. The SMILES string of the molecule is CC(=O)[C@@]12C3CCC(C)(C)C1[C@@H]32. The van der Waals surface area contributed by atoms with Crippen LogP contribution in [0.2, 0.25) is 0 Å². The molecule has 0 heterocycles. The molecule has 4 atom stereocenters. The van der Waals surface area contributed by atoms with Gasteiger partial charge < -0.3 is 0 Å². The van der Waals surface area contributed by atoms with Crippen LogP contribution in [0.5, 0.6) is 0 Å². The molecule has 0 amide bonds. The maximum absolute atomic E-state index is 11.5. The molecule has 1 nitrogen and oxygen atoms in total. The molecule has 0 aromatic carbocycles. The van der Waals surface area contributed by atoms with Crippen molar-refractivity contribution < 1.29 is 4.79 Å². The van der Waals surface area contributed by atoms with Crippen molar-refractivity contribution in [2.24, 2.45) is 28.6 Å². The molecule has 3 fully saturated rings. The molecule has 2 unspecified atom stereocenters. The predicted octanol–water partition coefficient (Wildman–Crippen LogP) is 2.26. The van der Waals surface area contributed by atoms with Crippen molar-refractivity contribution in [3.63, 3.8) is 0 Å². The van der Waals surface area contributed by atoms with Crippen LogP contribution in [-0.4, -0.2) is 5.78 Å². The zero-order chi connectivity index (χ0) is 8.72. The summed E-state index contributed by atoms with van der Waals surface area (Å²) in [4.78, 5) is 11.5. The van der Waals surface area contributed by atoms with E-state index in [4.69, 9.17) is 0 Å². The van der Waals surface area contributed by atoms with E-state index in [1.54, 1.807) is 6.92 Å². The molecule has 0 saturated heterocycles. The second kappa shape index (κ2) is 1.51. The van der Waals surface area contributed by atoms with Crippen LogP contribution in [0.15, 0.2) is 0 Å². The molecule has 1 heteroatoms. The van der Waals surface area contributed by atoms with E-state index in [0.717, 1.165) is 17.8 Å². The third-order valence-electron chi connectivity index (χ3n) is 4.81. The summed E-state index contributed by atoms with van der Waals surface area (Å²) in [5.41, 5.74) is 0.687. The van der Waals surface area contributed by atoms with Gasteiger partial charge in [0.05, 0.1) is 0 Å². The van der Waals surface area contributed by atoms with E-state index in [9.17, 15) is 4.79 Å². The quantitative estimate of drug-likeness (QED) is 0.581. The van der Waals surface area contributed by atoms with Crippen LogP contribution in [0, 0.1) is 28.6 Å². The van der Waals surface area contributed by atoms with Crippen molar-refractivity contribution >= 4 is 5.78 Å². The van der Waals surface area contributed by atoms with Gasteiger partial charge in [-0.25, -0.2) is 0 Å². The molecular weight excluding hydrogens is 148 g/mol. The van der Waals surface area contributed by atoms with Crippen molar-refractivity contribution in [1.29, 1.82) is 0 Å². The van der Waals surface area contributed by atoms with Crippen LogP contribution >= 0.6 is 0 Å². The Morgan fingerprint density at radius 2 is 2.08 bits per heavy atom. The van der Waals surface area contributed by atoms with E-state index in [1.165, 1.54) is 12.8 Å². The molecule has 12 heavy (non-hydrogen) atoms. The topological polar surface area (TPSA) is 17.1 Å². The largest absolute Gasteiger partial charge is 0.299 e. The molecule has 0 spiro atoms. The van der Waals surface area contributed by atoms with Crippen LogP contribution in [0.1, 0.15) is 33.6 Å². The van der Waals surface area contributed by atoms with Crippen molar-refractivity contribution in [2.45, 2.75) is 33.6 Å². The average molecular weight is 164 g/mol. The molecule has 0 radical (unpaired) electrons. The molecule has 3 aliphatic carbocycles. The van der Waals surface area contributed by atoms with E-state index in [0.29, 0.717) is 11.2 Å². The van der Waals surface area contributed by atoms with Gasteiger partial charge in [-0.2, -0.15) is 0 Å². The Bertz CT molecular complexity index is 279. The van der Waals surface area contributed by atoms with Gasteiger partial charge >= 0.3 is 0 Å². The molecule has 3 aliphatic rings. The summed E-state index contributed by atoms with van der Waals surface area (Å²) in [6.07, 6.45) is 2.65. The number of rotatable bonds is 1. The van der Waals surface area contributed by atoms with Gasteiger partial charge in [0.25, 0.3) is 0 Å². The van der Waals surface area contributed by atoms with Crippen molar-refractivity contribution in [1.82, 2.24) is 0 Å². The van der Waals surface area contributed by atoms with Gasteiger partial charge in [0.1, 0.15) is 5.78 Å². The van der Waals surface area contributed by atoms with Gasteiger partial charge in [-0.1, -0.05) is 13.8 Å². The van der Waals surface area contributed by atoms with E-state index in [1.807, 2.05) is 0 Å². The third-order valence-corrected chi connectivity index (χ3v) is 4.81. The number of fused-ring (bicyclic) bond motifs is 2. The number of Topliss-reactive ketones (excluding diaryl/α,β-unsaturated/α-hetero) is 1. The van der Waals surface area contributed by atoms with Gasteiger partial charge in [0.2, 0.25) is 0 Å². The maximum atomic E-state index is 11.5. The summed E-state index contributed by atoms with van der Waals surface area (Å²) in [5, 5.41) is 0. The van der Waals surface area contributed by atoms with Crippen LogP contribution in [0.4, 0.5) is 0 Å². The molecule has 3 saturated carbocycles. The highest BCUT2D eigenvalue weighted by Gasteiger charge is 2.92. The first kappa shape index (κ1) is 7.11. The van der Waals surface area contributed by atoms with E-state index >= 15 is 0 Å². The van der Waals surface area contributed by atoms with Crippen LogP contribution in [0.25, 0.3) is 0 Å². The highest BCUT2D eigenvalue weighted by Crippen LogP contribution is 2.92. The minimum atomic E-state index is 0.224. The number of ketones is 1. The van der Waals surface area contributed by atoms with E-state index in [-0.39, 0.29) is 5.41 Å². The Morgan fingerprint density at radius 1 is 1.42 bits per heavy atom. The lowest BCUT2D eigenvalue weighted by Gasteiger charge is -2.38. The fourth-order valence-electron chi connectivity index (χ4n) is 4.24. The molecule has 0 aliphatic heterocycles. The fourth-order valence-corrected chi connectivity index (χ4v) is 4.24. The summed E-state index contributed by atoms with van der Waals surface area (Å²) in [5.74, 6) is 2.88. The Labute approximate surface area is 73.5 Å². The maximum Gasteiger partial charge on any atom is 0.136 e. The third kappa shape index (κ3) is 0.462. The van der Waals surface area contributed by atoms with Crippen LogP contribution in [0.3, 0.4) is 0 Å². The molecule has 0 aromatic rings.